The molecule has 1 aromatic carbocycles. The average molecular weight is 484 g/mol. The van der Waals surface area contributed by atoms with E-state index in [0.717, 1.165) is 0 Å². The molecule has 3 atom stereocenters. The van der Waals surface area contributed by atoms with Gasteiger partial charge in [-0.3, -0.25) is 14.5 Å². The largest absolute Gasteiger partial charge is 0.382 e. The molecule has 3 rings (SSSR count). The number of hydrogen-bond donors (Lipinski definition) is 6. The number of amides is 2. The fourth-order valence-electron chi connectivity index (χ4n) is 3.92. The molecule has 12 heteroatoms. The third-order valence-electron chi connectivity index (χ3n) is 5.58. The minimum atomic E-state index is -1.36. The van der Waals surface area contributed by atoms with Crippen molar-refractivity contribution in [1.29, 1.82) is 0 Å². The van der Waals surface area contributed by atoms with Crippen LogP contribution >= 0.6 is 0 Å². The molecule has 34 heavy (non-hydrogen) atoms. The van der Waals surface area contributed by atoms with Crippen molar-refractivity contribution >= 4 is 17.5 Å². The molecule has 2 aliphatic heterocycles. The van der Waals surface area contributed by atoms with Gasteiger partial charge in [0.15, 0.2) is 12.5 Å². The van der Waals surface area contributed by atoms with Gasteiger partial charge in [-0.1, -0.05) is 6.07 Å². The fraction of sp³-hybridized carbons (Fsp3) is 0.636. The quantitative estimate of drug-likeness (QED) is 0.141. The summed E-state index contributed by atoms with van der Waals surface area (Å²) in [4.78, 5) is 26.4. The van der Waals surface area contributed by atoms with Crippen LogP contribution in [0.1, 0.15) is 41.4 Å². The normalized spacial score (nSPS) is 22.3. The van der Waals surface area contributed by atoms with Gasteiger partial charge in [-0.2, -0.15) is 0 Å². The van der Waals surface area contributed by atoms with Crippen LogP contribution in [0.5, 0.6) is 0 Å². The number of carbonyl (C=O) groups excluding carboxylic acids is 2. The second-order valence-electron chi connectivity index (χ2n) is 8.00. The number of ether oxygens (including phenoxy) is 3. The number of hydrogen-bond acceptors (Lipinski definition) is 10. The molecule has 6 N–H and O–H groups in total. The van der Waals surface area contributed by atoms with Gasteiger partial charge in [0.2, 0.25) is 5.91 Å². The van der Waals surface area contributed by atoms with Gasteiger partial charge in [0.25, 0.3) is 5.91 Å². The van der Waals surface area contributed by atoms with Crippen molar-refractivity contribution in [2.24, 2.45) is 0 Å². The fourth-order valence-corrected chi connectivity index (χ4v) is 3.92. The summed E-state index contributed by atoms with van der Waals surface area (Å²) >= 11 is 0. The van der Waals surface area contributed by atoms with Crippen molar-refractivity contribution in [3.05, 3.63) is 29.3 Å². The molecule has 0 bridgehead atoms. The molecule has 2 aliphatic rings. The van der Waals surface area contributed by atoms with E-state index in [4.69, 9.17) is 24.4 Å². The van der Waals surface area contributed by atoms with Gasteiger partial charge >= 0.3 is 0 Å². The minimum absolute atomic E-state index is 0.157. The van der Waals surface area contributed by atoms with E-state index in [1.807, 2.05) is 0 Å². The highest BCUT2D eigenvalue weighted by Gasteiger charge is 2.45. The number of fused-ring (bicyclic) bond motifs is 1. The van der Waals surface area contributed by atoms with E-state index in [0.29, 0.717) is 62.8 Å². The Morgan fingerprint density at radius 1 is 1.00 bits per heavy atom. The Labute approximate surface area is 197 Å². The summed E-state index contributed by atoms with van der Waals surface area (Å²) in [5.41, 5.74) is 1.34. The zero-order valence-corrected chi connectivity index (χ0v) is 18.9. The summed E-state index contributed by atoms with van der Waals surface area (Å²) in [5.74, 6) is -0.910. The van der Waals surface area contributed by atoms with Crippen LogP contribution in [0.3, 0.4) is 0 Å². The zero-order chi connectivity index (χ0) is 24.5. The van der Waals surface area contributed by atoms with Crippen molar-refractivity contribution < 1.29 is 44.2 Å². The molecule has 0 radical (unpaired) electrons. The van der Waals surface area contributed by atoms with E-state index >= 15 is 0 Å². The van der Waals surface area contributed by atoms with Crippen LogP contribution in [-0.4, -0.2) is 102 Å². The number of benzene rings is 1. The predicted octanol–water partition coefficient (Wildman–Crippen LogP) is -1.11. The molecular formula is C22H33N3O9. The first-order valence-corrected chi connectivity index (χ1v) is 11.4. The second kappa shape index (κ2) is 13.0. The molecule has 0 spiro atoms. The molecule has 3 unspecified atom stereocenters. The van der Waals surface area contributed by atoms with E-state index in [1.54, 1.807) is 18.2 Å². The van der Waals surface area contributed by atoms with E-state index in [-0.39, 0.29) is 19.4 Å². The Kier molecular flexibility index (Phi) is 10.0. The smallest absolute Gasteiger partial charge is 0.257 e. The maximum absolute atomic E-state index is 12.9. The number of nitrogens with zero attached hydrogens (tertiary/aromatic N) is 1. The van der Waals surface area contributed by atoms with Gasteiger partial charge in [-0.05, 0) is 25.0 Å². The lowest BCUT2D eigenvalue weighted by Crippen LogP contribution is -2.55. The highest BCUT2D eigenvalue weighted by molar-refractivity contribution is 6.03. The first-order valence-electron chi connectivity index (χ1n) is 11.4. The van der Waals surface area contributed by atoms with Crippen LogP contribution in [-0.2, 0) is 19.0 Å². The third kappa shape index (κ3) is 6.85. The van der Waals surface area contributed by atoms with Gasteiger partial charge in [0, 0.05) is 29.8 Å². The van der Waals surface area contributed by atoms with Crippen molar-refractivity contribution in [2.45, 2.75) is 44.1 Å². The maximum Gasteiger partial charge on any atom is 0.257 e. The molecule has 1 fully saturated rings. The maximum atomic E-state index is 12.9. The Morgan fingerprint density at radius 3 is 2.35 bits per heavy atom. The molecule has 1 saturated heterocycles. The number of aliphatic hydroxyl groups excluding tert-OH is 3. The summed E-state index contributed by atoms with van der Waals surface area (Å²) < 4.78 is 16.0. The van der Waals surface area contributed by atoms with Crippen LogP contribution in [0, 0.1) is 0 Å². The summed E-state index contributed by atoms with van der Waals surface area (Å²) in [7, 11) is 0. The van der Waals surface area contributed by atoms with Gasteiger partial charge in [0.05, 0.1) is 39.6 Å². The first kappa shape index (κ1) is 26.3. The zero-order valence-electron chi connectivity index (χ0n) is 18.9. The first-order chi connectivity index (χ1) is 16.4. The van der Waals surface area contributed by atoms with Crippen molar-refractivity contribution in [3.63, 3.8) is 0 Å². The van der Waals surface area contributed by atoms with Gasteiger partial charge in [-0.25, -0.2) is 0 Å². The van der Waals surface area contributed by atoms with Crippen molar-refractivity contribution in [3.8, 4) is 0 Å². The Morgan fingerprint density at radius 2 is 1.68 bits per heavy atom. The van der Waals surface area contributed by atoms with Crippen molar-refractivity contribution in [2.75, 3.05) is 51.5 Å². The number of aliphatic hydroxyl groups is 4. The van der Waals surface area contributed by atoms with Crippen LogP contribution in [0.25, 0.3) is 0 Å². The third-order valence-corrected chi connectivity index (χ3v) is 5.58. The monoisotopic (exact) mass is 483 g/mol. The summed E-state index contributed by atoms with van der Waals surface area (Å²) in [6, 6.07) is 4.23. The van der Waals surface area contributed by atoms with E-state index in [1.165, 1.54) is 4.90 Å². The van der Waals surface area contributed by atoms with Crippen LogP contribution in [0.2, 0.25) is 0 Å². The van der Waals surface area contributed by atoms with E-state index in [2.05, 4.69) is 10.6 Å². The number of nitrogens with one attached hydrogen (secondary N) is 2. The number of rotatable bonds is 14. The van der Waals surface area contributed by atoms with Crippen LogP contribution in [0.4, 0.5) is 5.69 Å². The SMILES string of the molecule is O=C1NC(O)CCC1N1C(=O)c2cccc(NCCOCCOCCOCCC(O)O)c2C1O. The number of carbonyl (C=O) groups is 2. The van der Waals surface area contributed by atoms with Gasteiger partial charge < -0.3 is 45.3 Å². The molecule has 2 heterocycles. The molecule has 12 nitrogen and oxygen atoms in total. The molecule has 0 aliphatic carbocycles. The van der Waals surface area contributed by atoms with Gasteiger partial charge in [-0.15, -0.1) is 0 Å². The molecular weight excluding hydrogens is 450 g/mol. The average Bonchev–Trinajstić information content (AvgIpc) is 3.05. The van der Waals surface area contributed by atoms with E-state index < -0.39 is 36.6 Å². The summed E-state index contributed by atoms with van der Waals surface area (Å²) in [6.45, 7) is 2.54. The molecule has 190 valence electrons. The molecule has 2 amide bonds. The van der Waals surface area contributed by atoms with Crippen molar-refractivity contribution in [1.82, 2.24) is 10.2 Å². The molecule has 1 aromatic rings. The number of piperidine rings is 1. The standard InChI is InChI=1S/C22H33N3O9/c26-17-5-4-16(20(29)24-17)25-21(30)14-2-1-3-15(19(14)22(25)31)23-7-9-33-11-13-34-12-10-32-8-6-18(27)28/h1-3,16-18,22-23,26-28,31H,4-13H2,(H,24,29). The predicted molar refractivity (Wildman–Crippen MR) is 119 cm³/mol. The summed E-state index contributed by atoms with van der Waals surface area (Å²) in [6.07, 6.45) is -2.85. The second-order valence-corrected chi connectivity index (χ2v) is 8.00. The van der Waals surface area contributed by atoms with Crippen LogP contribution in [0.15, 0.2) is 18.2 Å². The number of anilines is 1. The molecule has 0 saturated carbocycles. The lowest BCUT2D eigenvalue weighted by molar-refractivity contribution is -0.136. The van der Waals surface area contributed by atoms with E-state index in [9.17, 15) is 19.8 Å². The Hall–Kier alpha value is -2.32. The van der Waals surface area contributed by atoms with Gasteiger partial charge in [0.1, 0.15) is 12.3 Å². The summed E-state index contributed by atoms with van der Waals surface area (Å²) in [5, 5.41) is 43.4. The highest BCUT2D eigenvalue weighted by atomic mass is 16.5. The topological polar surface area (TPSA) is 170 Å². The Balaban J connectivity index is 1.39. The lowest BCUT2D eigenvalue weighted by atomic mass is 10.0. The highest BCUT2D eigenvalue weighted by Crippen LogP contribution is 2.39. The lowest BCUT2D eigenvalue weighted by Gasteiger charge is -2.34. The Bertz CT molecular complexity index is 823. The minimum Gasteiger partial charge on any atom is -0.382 e. The van der Waals surface area contributed by atoms with Crippen LogP contribution < -0.4 is 10.6 Å². The molecule has 0 aromatic heterocycles.